The van der Waals surface area contributed by atoms with Crippen LogP contribution in [-0.4, -0.2) is 21.5 Å². The number of nitrogens with zero attached hydrogens (tertiary/aromatic N) is 2. The lowest BCUT2D eigenvalue weighted by molar-refractivity contribution is 0.441. The fourth-order valence-electron chi connectivity index (χ4n) is 1.12. The fourth-order valence-corrected chi connectivity index (χ4v) is 1.22. The van der Waals surface area contributed by atoms with Gasteiger partial charge in [0.2, 0.25) is 5.95 Å². The molecule has 5 heteroatoms. The molecule has 0 aliphatic carbocycles. The molecule has 0 spiro atoms. The number of nitrogens with one attached hydrogen (secondary N) is 1. The summed E-state index contributed by atoms with van der Waals surface area (Å²) in [6.45, 7) is 9.12. The second kappa shape index (κ2) is 4.74. The summed E-state index contributed by atoms with van der Waals surface area (Å²) < 4.78 is 0. The van der Waals surface area contributed by atoms with Gasteiger partial charge in [0.15, 0.2) is 0 Å². The number of aromatic nitrogens is 2. The Morgan fingerprint density at radius 1 is 1.44 bits per heavy atom. The monoisotopic (exact) mass is 238 g/mol. The van der Waals surface area contributed by atoms with Gasteiger partial charge in [0, 0.05) is 12.2 Å². The van der Waals surface area contributed by atoms with E-state index in [-0.39, 0.29) is 5.41 Å². The smallest absolute Gasteiger partial charge is 0.223 e. The van der Waals surface area contributed by atoms with Crippen molar-refractivity contribution in [3.05, 3.63) is 17.5 Å². The van der Waals surface area contributed by atoms with E-state index < -0.39 is 0 Å². The van der Waals surface area contributed by atoms with Crippen molar-refractivity contribution in [3.8, 4) is 0 Å². The Hall–Kier alpha value is -1.23. The van der Waals surface area contributed by atoms with Gasteiger partial charge in [-0.2, -0.15) is 0 Å². The van der Waals surface area contributed by atoms with E-state index in [2.05, 4.69) is 36.1 Å². The Morgan fingerprint density at radius 2 is 2.06 bits per heavy atom. The van der Waals surface area contributed by atoms with Crippen molar-refractivity contribution < 1.29 is 0 Å². The summed E-state index contributed by atoms with van der Waals surface area (Å²) in [6, 6.07) is 1.78. The van der Waals surface area contributed by atoms with Gasteiger partial charge in [-0.25, -0.2) is 9.97 Å². The average molecular weight is 238 g/mol. The van der Waals surface area contributed by atoms with E-state index in [0.29, 0.717) is 16.6 Å². The first kappa shape index (κ1) is 12.8. The Bertz CT molecular complexity index is 395. The molecule has 0 radical (unpaired) electrons. The van der Waals surface area contributed by atoms with Crippen LogP contribution in [0.2, 0.25) is 0 Å². The van der Waals surface area contributed by atoms with Crippen molar-refractivity contribution in [2.24, 2.45) is 11.1 Å². The second-order valence-electron chi connectivity index (χ2n) is 5.00. The van der Waals surface area contributed by atoms with Crippen molar-refractivity contribution in [2.45, 2.75) is 27.7 Å². The van der Waals surface area contributed by atoms with Crippen molar-refractivity contribution in [3.63, 3.8) is 0 Å². The highest BCUT2D eigenvalue weighted by atomic mass is 32.1. The summed E-state index contributed by atoms with van der Waals surface area (Å²) in [7, 11) is 0. The maximum atomic E-state index is 5.55. The third kappa shape index (κ3) is 4.10. The van der Waals surface area contributed by atoms with E-state index in [1.54, 1.807) is 6.07 Å². The minimum atomic E-state index is 0.177. The highest BCUT2D eigenvalue weighted by molar-refractivity contribution is 7.80. The number of anilines is 1. The largest absolute Gasteiger partial charge is 0.388 e. The standard InChI is InChI=1S/C11H18N4S/c1-7-5-8(9(12)16)15-10(14-7)13-6-11(2,3)4/h5H,6H2,1-4H3,(H2,12,16)(H,13,14,15). The molecule has 0 amide bonds. The van der Waals surface area contributed by atoms with Gasteiger partial charge < -0.3 is 11.1 Å². The molecule has 0 bridgehead atoms. The summed E-state index contributed by atoms with van der Waals surface area (Å²) >= 11 is 4.90. The molecule has 1 heterocycles. The summed E-state index contributed by atoms with van der Waals surface area (Å²) in [5, 5.41) is 3.18. The highest BCUT2D eigenvalue weighted by Crippen LogP contribution is 2.13. The molecule has 0 unspecified atom stereocenters. The molecule has 0 fully saturated rings. The third-order valence-corrected chi connectivity index (χ3v) is 2.09. The lowest BCUT2D eigenvalue weighted by atomic mass is 9.97. The van der Waals surface area contributed by atoms with Gasteiger partial charge in [0.05, 0.1) is 0 Å². The number of thiocarbonyl (C=S) groups is 1. The molecular formula is C11H18N4S. The molecule has 3 N–H and O–H groups in total. The minimum Gasteiger partial charge on any atom is -0.388 e. The molecule has 0 aromatic carbocycles. The maximum Gasteiger partial charge on any atom is 0.223 e. The summed E-state index contributed by atoms with van der Waals surface area (Å²) in [5.74, 6) is 0.581. The van der Waals surface area contributed by atoms with Crippen LogP contribution < -0.4 is 11.1 Å². The molecule has 88 valence electrons. The Morgan fingerprint density at radius 3 is 2.56 bits per heavy atom. The Kier molecular flexibility index (Phi) is 3.80. The lowest BCUT2D eigenvalue weighted by Gasteiger charge is -2.18. The number of hydrogen-bond acceptors (Lipinski definition) is 4. The highest BCUT2D eigenvalue weighted by Gasteiger charge is 2.11. The Labute approximate surface area is 102 Å². The molecule has 0 aliphatic heterocycles. The van der Waals surface area contributed by atoms with Crippen molar-refractivity contribution in [1.82, 2.24) is 9.97 Å². The number of hydrogen-bond donors (Lipinski definition) is 2. The van der Waals surface area contributed by atoms with Crippen LogP contribution >= 0.6 is 12.2 Å². The van der Waals surface area contributed by atoms with Crippen LogP contribution in [0.1, 0.15) is 32.2 Å². The van der Waals surface area contributed by atoms with Crippen LogP contribution in [0.15, 0.2) is 6.07 Å². The average Bonchev–Trinajstić information content (AvgIpc) is 2.13. The number of rotatable bonds is 3. The predicted molar refractivity (Wildman–Crippen MR) is 70.6 cm³/mol. The van der Waals surface area contributed by atoms with Crippen LogP contribution in [0.4, 0.5) is 5.95 Å². The number of nitrogens with two attached hydrogens (primary N) is 1. The van der Waals surface area contributed by atoms with Gasteiger partial charge in [-0.05, 0) is 18.4 Å². The van der Waals surface area contributed by atoms with E-state index in [4.69, 9.17) is 18.0 Å². The molecule has 0 atom stereocenters. The molecule has 0 aliphatic rings. The molecule has 4 nitrogen and oxygen atoms in total. The van der Waals surface area contributed by atoms with E-state index in [1.807, 2.05) is 6.92 Å². The van der Waals surface area contributed by atoms with Gasteiger partial charge in [0.25, 0.3) is 0 Å². The van der Waals surface area contributed by atoms with Gasteiger partial charge in [0.1, 0.15) is 10.7 Å². The van der Waals surface area contributed by atoms with E-state index in [9.17, 15) is 0 Å². The quantitative estimate of drug-likeness (QED) is 0.787. The van der Waals surface area contributed by atoms with E-state index in [1.165, 1.54) is 0 Å². The Balaban J connectivity index is 2.85. The molecular weight excluding hydrogens is 220 g/mol. The van der Waals surface area contributed by atoms with E-state index >= 15 is 0 Å². The van der Waals surface area contributed by atoms with Gasteiger partial charge in [-0.3, -0.25) is 0 Å². The summed E-state index contributed by atoms with van der Waals surface area (Å²) in [5.41, 5.74) is 7.19. The molecule has 1 rings (SSSR count). The zero-order valence-electron chi connectivity index (χ0n) is 10.2. The zero-order chi connectivity index (χ0) is 12.3. The molecule has 1 aromatic rings. The fraction of sp³-hybridized carbons (Fsp3) is 0.545. The van der Waals surface area contributed by atoms with Crippen molar-refractivity contribution in [1.29, 1.82) is 0 Å². The number of aryl methyl sites for hydroxylation is 1. The third-order valence-electron chi connectivity index (χ3n) is 1.88. The van der Waals surface area contributed by atoms with Crippen LogP contribution in [0, 0.1) is 12.3 Å². The second-order valence-corrected chi connectivity index (χ2v) is 5.44. The summed E-state index contributed by atoms with van der Waals surface area (Å²) in [6.07, 6.45) is 0. The molecule has 1 aromatic heterocycles. The molecule has 0 saturated heterocycles. The van der Waals surface area contributed by atoms with Gasteiger partial charge in [-0.1, -0.05) is 33.0 Å². The van der Waals surface area contributed by atoms with Crippen LogP contribution in [-0.2, 0) is 0 Å². The predicted octanol–water partition coefficient (Wildman–Crippen LogP) is 1.88. The van der Waals surface area contributed by atoms with Crippen LogP contribution in [0.5, 0.6) is 0 Å². The molecule has 0 saturated carbocycles. The first-order chi connectivity index (χ1) is 7.28. The van der Waals surface area contributed by atoms with Crippen molar-refractivity contribution >= 4 is 23.2 Å². The SMILES string of the molecule is Cc1cc(C(N)=S)nc(NCC(C)(C)C)n1. The molecule has 16 heavy (non-hydrogen) atoms. The summed E-state index contributed by atoms with van der Waals surface area (Å²) in [4.78, 5) is 8.83. The normalized spacial score (nSPS) is 11.2. The lowest BCUT2D eigenvalue weighted by Crippen LogP contribution is -2.21. The zero-order valence-corrected chi connectivity index (χ0v) is 11.0. The topological polar surface area (TPSA) is 63.8 Å². The van der Waals surface area contributed by atoms with Gasteiger partial charge >= 0.3 is 0 Å². The van der Waals surface area contributed by atoms with Gasteiger partial charge in [-0.15, -0.1) is 0 Å². The van der Waals surface area contributed by atoms with E-state index in [0.717, 1.165) is 12.2 Å². The maximum absolute atomic E-state index is 5.55. The first-order valence-corrected chi connectivity index (χ1v) is 5.58. The first-order valence-electron chi connectivity index (χ1n) is 5.17. The minimum absolute atomic E-state index is 0.177. The van der Waals surface area contributed by atoms with Crippen molar-refractivity contribution in [2.75, 3.05) is 11.9 Å². The van der Waals surface area contributed by atoms with Crippen LogP contribution in [0.3, 0.4) is 0 Å². The van der Waals surface area contributed by atoms with Crippen LogP contribution in [0.25, 0.3) is 0 Å².